The van der Waals surface area contributed by atoms with Crippen LogP contribution in [0, 0.1) is 5.41 Å². The first-order valence-corrected chi connectivity index (χ1v) is 9.23. The maximum Gasteiger partial charge on any atom is 0.239 e. The van der Waals surface area contributed by atoms with Gasteiger partial charge in [0.25, 0.3) is 0 Å². The Hall–Kier alpha value is -2.89. The molecule has 0 radical (unpaired) electrons. The fourth-order valence-electron chi connectivity index (χ4n) is 2.63. The van der Waals surface area contributed by atoms with Crippen molar-refractivity contribution in [3.63, 3.8) is 0 Å². The first-order chi connectivity index (χ1) is 12.9. The number of pyridine rings is 1. The number of nitrogens with one attached hydrogen (secondary N) is 2. The summed E-state index contributed by atoms with van der Waals surface area (Å²) >= 11 is 0. The van der Waals surface area contributed by atoms with Crippen molar-refractivity contribution in [3.8, 4) is 0 Å². The zero-order valence-corrected chi connectivity index (χ0v) is 16.5. The van der Waals surface area contributed by atoms with E-state index in [2.05, 4.69) is 34.4 Å². The number of hydrogen-bond donors (Lipinski definition) is 2. The maximum atomic E-state index is 12.6. The number of carbonyl (C=O) groups excluding carboxylic acids is 2. The molecule has 0 aliphatic carbocycles. The highest BCUT2D eigenvalue weighted by atomic mass is 16.2. The van der Waals surface area contributed by atoms with Gasteiger partial charge in [-0.15, -0.1) is 0 Å². The molecule has 2 aromatic rings. The lowest BCUT2D eigenvalue weighted by molar-refractivity contribution is -0.138. The van der Waals surface area contributed by atoms with E-state index < -0.39 is 5.41 Å². The van der Waals surface area contributed by atoms with Crippen LogP contribution in [-0.2, 0) is 16.1 Å². The Morgan fingerprint density at radius 3 is 2.22 bits per heavy atom. The average Bonchev–Trinajstić information content (AvgIpc) is 2.69. The summed E-state index contributed by atoms with van der Waals surface area (Å²) in [5, 5.41) is 5.61. The van der Waals surface area contributed by atoms with Crippen LogP contribution in [0.1, 0.15) is 33.4 Å². The molecule has 0 bridgehead atoms. The molecule has 0 atom stereocenters. The molecule has 0 spiro atoms. The van der Waals surface area contributed by atoms with E-state index in [0.717, 1.165) is 24.5 Å². The predicted molar refractivity (Wildman–Crippen MR) is 108 cm³/mol. The van der Waals surface area contributed by atoms with Crippen molar-refractivity contribution < 1.29 is 9.59 Å². The second-order valence-electron chi connectivity index (χ2n) is 6.80. The first kappa shape index (κ1) is 20.4. The number of hydrogen-bond acceptors (Lipinski definition) is 4. The molecule has 1 aromatic heterocycles. The number of aromatic nitrogens is 1. The van der Waals surface area contributed by atoms with E-state index in [9.17, 15) is 9.59 Å². The zero-order chi connectivity index (χ0) is 19.9. The number of amides is 2. The van der Waals surface area contributed by atoms with Crippen LogP contribution in [0.3, 0.4) is 0 Å². The van der Waals surface area contributed by atoms with Gasteiger partial charge in [0.05, 0.1) is 12.2 Å². The number of rotatable bonds is 8. The van der Waals surface area contributed by atoms with Crippen LogP contribution in [0.2, 0.25) is 0 Å². The Morgan fingerprint density at radius 2 is 1.67 bits per heavy atom. The van der Waals surface area contributed by atoms with Crippen LogP contribution in [-0.4, -0.2) is 29.9 Å². The van der Waals surface area contributed by atoms with E-state index in [4.69, 9.17) is 0 Å². The van der Waals surface area contributed by atoms with Crippen molar-refractivity contribution in [2.75, 3.05) is 23.3 Å². The quantitative estimate of drug-likeness (QED) is 0.702. The second-order valence-corrected chi connectivity index (χ2v) is 6.80. The number of nitrogens with zero attached hydrogens (tertiary/aromatic N) is 2. The van der Waals surface area contributed by atoms with E-state index in [1.807, 2.05) is 42.5 Å². The minimum atomic E-state index is -1.20. The summed E-state index contributed by atoms with van der Waals surface area (Å²) in [6.45, 7) is 9.56. The fraction of sp³-hybridized carbons (Fsp3) is 0.381. The highest BCUT2D eigenvalue weighted by Crippen LogP contribution is 2.22. The molecule has 0 aliphatic heterocycles. The van der Waals surface area contributed by atoms with Crippen LogP contribution < -0.4 is 15.5 Å². The molecule has 0 fully saturated rings. The minimum Gasteiger partial charge on any atom is -0.372 e. The minimum absolute atomic E-state index is 0.287. The Balaban J connectivity index is 1.97. The lowest BCUT2D eigenvalue weighted by atomic mass is 9.91. The molecular formula is C21H28N4O2. The van der Waals surface area contributed by atoms with Crippen molar-refractivity contribution in [1.29, 1.82) is 0 Å². The second kappa shape index (κ2) is 9.16. The van der Waals surface area contributed by atoms with Crippen LogP contribution in [0.25, 0.3) is 0 Å². The third-order valence-corrected chi connectivity index (χ3v) is 4.55. The molecular weight excluding hydrogens is 340 g/mol. The Bertz CT molecular complexity index is 754. The van der Waals surface area contributed by atoms with Crippen molar-refractivity contribution in [2.24, 2.45) is 5.41 Å². The van der Waals surface area contributed by atoms with Crippen molar-refractivity contribution >= 4 is 23.2 Å². The van der Waals surface area contributed by atoms with Gasteiger partial charge in [-0.3, -0.25) is 14.6 Å². The lowest BCUT2D eigenvalue weighted by Gasteiger charge is -2.23. The summed E-state index contributed by atoms with van der Waals surface area (Å²) in [5.74, 6) is -0.693. The molecule has 144 valence electrons. The van der Waals surface area contributed by atoms with Gasteiger partial charge < -0.3 is 15.5 Å². The van der Waals surface area contributed by atoms with E-state index in [-0.39, 0.29) is 18.4 Å². The van der Waals surface area contributed by atoms with Crippen LogP contribution in [0.5, 0.6) is 0 Å². The highest BCUT2D eigenvalue weighted by Gasteiger charge is 2.36. The molecule has 1 heterocycles. The van der Waals surface area contributed by atoms with Crippen molar-refractivity contribution in [2.45, 2.75) is 34.2 Å². The van der Waals surface area contributed by atoms with Gasteiger partial charge in [-0.1, -0.05) is 6.07 Å². The molecule has 2 rings (SSSR count). The van der Waals surface area contributed by atoms with Gasteiger partial charge >= 0.3 is 0 Å². The smallest absolute Gasteiger partial charge is 0.239 e. The molecule has 0 saturated carbocycles. The Morgan fingerprint density at radius 1 is 1.00 bits per heavy atom. The van der Waals surface area contributed by atoms with Crippen LogP contribution >= 0.6 is 0 Å². The van der Waals surface area contributed by atoms with Gasteiger partial charge in [-0.05, 0) is 64.1 Å². The summed E-state index contributed by atoms with van der Waals surface area (Å²) < 4.78 is 0. The largest absolute Gasteiger partial charge is 0.372 e. The molecule has 0 aliphatic rings. The van der Waals surface area contributed by atoms with Gasteiger partial charge in [0, 0.05) is 30.7 Å². The monoisotopic (exact) mass is 368 g/mol. The van der Waals surface area contributed by atoms with Crippen molar-refractivity contribution in [3.05, 3.63) is 54.4 Å². The van der Waals surface area contributed by atoms with E-state index >= 15 is 0 Å². The van der Waals surface area contributed by atoms with Gasteiger partial charge in [0.1, 0.15) is 5.41 Å². The lowest BCUT2D eigenvalue weighted by Crippen LogP contribution is -2.44. The Labute approximate surface area is 161 Å². The van der Waals surface area contributed by atoms with E-state index in [1.165, 1.54) is 0 Å². The zero-order valence-electron chi connectivity index (χ0n) is 16.5. The number of anilines is 2. The summed E-state index contributed by atoms with van der Waals surface area (Å²) in [7, 11) is 0. The van der Waals surface area contributed by atoms with Gasteiger partial charge in [0.15, 0.2) is 0 Å². The number of benzene rings is 1. The first-order valence-electron chi connectivity index (χ1n) is 9.23. The topological polar surface area (TPSA) is 74.3 Å². The molecule has 1 aromatic carbocycles. The van der Waals surface area contributed by atoms with E-state index in [1.54, 1.807) is 20.0 Å². The summed E-state index contributed by atoms with van der Waals surface area (Å²) in [5.41, 5.74) is 1.31. The van der Waals surface area contributed by atoms with Gasteiger partial charge in [-0.25, -0.2) is 0 Å². The summed E-state index contributed by atoms with van der Waals surface area (Å²) in [4.78, 5) is 31.5. The van der Waals surface area contributed by atoms with Crippen LogP contribution in [0.15, 0.2) is 48.7 Å². The fourth-order valence-corrected chi connectivity index (χ4v) is 2.63. The normalized spacial score (nSPS) is 11.0. The molecule has 0 saturated heterocycles. The molecule has 27 heavy (non-hydrogen) atoms. The molecule has 2 amide bonds. The molecule has 0 unspecified atom stereocenters. The SMILES string of the molecule is CCN(CC)c1ccc(NC(=O)C(C)(C)C(=O)NCc2ccccn2)cc1. The molecule has 2 N–H and O–H groups in total. The van der Waals surface area contributed by atoms with E-state index in [0.29, 0.717) is 5.69 Å². The van der Waals surface area contributed by atoms with Gasteiger partial charge in [0.2, 0.25) is 11.8 Å². The number of carbonyl (C=O) groups is 2. The van der Waals surface area contributed by atoms with Crippen LogP contribution in [0.4, 0.5) is 11.4 Å². The molecule has 6 heteroatoms. The maximum absolute atomic E-state index is 12.6. The standard InChI is InChI=1S/C21H28N4O2/c1-5-25(6-2)18-12-10-16(11-13-18)24-20(27)21(3,4)19(26)23-15-17-9-7-8-14-22-17/h7-14H,5-6,15H2,1-4H3,(H,23,26)(H,24,27). The van der Waals surface area contributed by atoms with Crippen molar-refractivity contribution in [1.82, 2.24) is 10.3 Å². The predicted octanol–water partition coefficient (Wildman–Crippen LogP) is 3.21. The van der Waals surface area contributed by atoms with Gasteiger partial charge in [-0.2, -0.15) is 0 Å². The summed E-state index contributed by atoms with van der Waals surface area (Å²) in [6.07, 6.45) is 1.67. The highest BCUT2D eigenvalue weighted by molar-refractivity contribution is 6.09. The third kappa shape index (κ3) is 5.29. The third-order valence-electron chi connectivity index (χ3n) is 4.55. The summed E-state index contributed by atoms with van der Waals surface area (Å²) in [6, 6.07) is 13.1. The average molecular weight is 368 g/mol. The Kier molecular flexibility index (Phi) is 6.93. The molecule has 6 nitrogen and oxygen atoms in total.